The third kappa shape index (κ3) is 58.7. The van der Waals surface area contributed by atoms with E-state index < -0.39 is 0 Å². The molecule has 0 saturated heterocycles. The van der Waals surface area contributed by atoms with Crippen molar-refractivity contribution in [2.75, 3.05) is 27.2 Å². The average molecular weight is 388 g/mol. The second-order valence-corrected chi connectivity index (χ2v) is 5.60. The minimum absolute atomic E-state index is 0.923. The number of allylic oxidation sites excluding steroid dienone is 2. The first kappa shape index (κ1) is 40.8. The van der Waals surface area contributed by atoms with Crippen molar-refractivity contribution in [2.45, 2.75) is 108 Å². The van der Waals surface area contributed by atoms with Gasteiger partial charge in [0, 0.05) is 13.7 Å². The van der Waals surface area contributed by atoms with Gasteiger partial charge in [-0.15, -0.1) is 12.3 Å². The van der Waals surface area contributed by atoms with Crippen molar-refractivity contribution >= 4 is 0 Å². The molecule has 1 atom stereocenters. The summed E-state index contributed by atoms with van der Waals surface area (Å²) >= 11 is 0. The molecule has 0 aromatic carbocycles. The van der Waals surface area contributed by atoms with Crippen LogP contribution in [-0.4, -0.2) is 37.3 Å². The molecule has 2 heteroatoms. The number of terminal acetylenes is 1. The Morgan fingerprint density at radius 2 is 1.44 bits per heavy atom. The van der Waals surface area contributed by atoms with Crippen LogP contribution in [0.2, 0.25) is 0 Å². The molecule has 0 fully saturated rings. The predicted molar refractivity (Wildman–Crippen MR) is 132 cm³/mol. The third-order valence-electron chi connectivity index (χ3n) is 3.50. The largest absolute Gasteiger partial charge is 0.400 e. The van der Waals surface area contributed by atoms with Gasteiger partial charge in [-0.05, 0) is 59.5 Å². The molecule has 0 rings (SSSR count). The Balaban J connectivity index is -0.0000000617. The molecule has 0 bridgehead atoms. The number of nitrogens with zero attached hydrogens (tertiary/aromatic N) is 1. The maximum atomic E-state index is 7.00. The van der Waals surface area contributed by atoms with Crippen molar-refractivity contribution in [2.24, 2.45) is 5.92 Å². The van der Waals surface area contributed by atoms with Gasteiger partial charge in [-0.25, -0.2) is 0 Å². The lowest BCUT2D eigenvalue weighted by atomic mass is 10.0. The zero-order valence-electron chi connectivity index (χ0n) is 21.6. The number of aliphatic hydroxyl groups is 1. The molecule has 0 amide bonds. The standard InChI is InChI=1S/C11H25N.C6H12.C3H4.2C2H6.CH4O/c1-5-8-11(7-3)10-12(4)9-6-2;1-4-6(3)5-2;1-3-2;3*1-2/h11H,5-10H2,1-4H3;4H,5H2,1-3H3;1H,2H3;2*1-2H3;2H,1H3/b;6-4+;;;;. The van der Waals surface area contributed by atoms with Crippen LogP contribution in [0, 0.1) is 18.3 Å². The fourth-order valence-corrected chi connectivity index (χ4v) is 1.95. The lowest BCUT2D eigenvalue weighted by Gasteiger charge is -2.22. The summed E-state index contributed by atoms with van der Waals surface area (Å²) in [5.41, 5.74) is 1.47. The molecule has 0 aromatic heterocycles. The monoisotopic (exact) mass is 387 g/mol. The summed E-state index contributed by atoms with van der Waals surface area (Å²) in [6.07, 6.45) is 13.3. The van der Waals surface area contributed by atoms with Gasteiger partial charge in [-0.3, -0.25) is 0 Å². The Hall–Kier alpha value is -0.780. The second kappa shape index (κ2) is 49.9. The highest BCUT2D eigenvalue weighted by Crippen LogP contribution is 2.11. The van der Waals surface area contributed by atoms with Crippen molar-refractivity contribution < 1.29 is 5.11 Å². The number of hydrogen-bond acceptors (Lipinski definition) is 2. The summed E-state index contributed by atoms with van der Waals surface area (Å²) < 4.78 is 0. The molecule has 0 aliphatic heterocycles. The van der Waals surface area contributed by atoms with E-state index in [2.05, 4.69) is 71.9 Å². The zero-order chi connectivity index (χ0) is 23.1. The van der Waals surface area contributed by atoms with E-state index >= 15 is 0 Å². The highest BCUT2D eigenvalue weighted by atomic mass is 16.2. The first-order chi connectivity index (χ1) is 13.0. The normalized spacial score (nSPS) is 9.78. The summed E-state index contributed by atoms with van der Waals surface area (Å²) in [4.78, 5) is 2.46. The van der Waals surface area contributed by atoms with Gasteiger partial charge < -0.3 is 10.0 Å². The Morgan fingerprint density at radius 1 is 1.04 bits per heavy atom. The molecule has 0 aliphatic carbocycles. The fourth-order valence-electron chi connectivity index (χ4n) is 1.95. The van der Waals surface area contributed by atoms with Gasteiger partial charge in [0.2, 0.25) is 0 Å². The maximum Gasteiger partial charge on any atom is 0.0319 e. The Labute approximate surface area is 175 Å². The lowest BCUT2D eigenvalue weighted by Crippen LogP contribution is -2.26. The third-order valence-corrected chi connectivity index (χ3v) is 3.50. The van der Waals surface area contributed by atoms with E-state index in [1.54, 1.807) is 6.92 Å². The average Bonchev–Trinajstić information content (AvgIpc) is 2.72. The summed E-state index contributed by atoms with van der Waals surface area (Å²) in [7, 11) is 3.24. The van der Waals surface area contributed by atoms with E-state index in [1.807, 2.05) is 27.7 Å². The molecule has 27 heavy (non-hydrogen) atoms. The van der Waals surface area contributed by atoms with E-state index in [0.717, 1.165) is 13.0 Å². The fraction of sp³-hybridized carbons (Fsp3) is 0.840. The smallest absolute Gasteiger partial charge is 0.0319 e. The quantitative estimate of drug-likeness (QED) is 0.339. The van der Waals surface area contributed by atoms with E-state index in [9.17, 15) is 0 Å². The molecule has 0 radical (unpaired) electrons. The van der Waals surface area contributed by atoms with Crippen LogP contribution in [0.4, 0.5) is 0 Å². The molecular formula is C25H57NO. The summed E-state index contributed by atoms with van der Waals surface area (Å²) in [6, 6.07) is 0. The summed E-state index contributed by atoms with van der Waals surface area (Å²) in [6.45, 7) is 25.4. The zero-order valence-corrected chi connectivity index (χ0v) is 21.6. The topological polar surface area (TPSA) is 23.5 Å². The maximum absolute atomic E-state index is 7.00. The molecular weight excluding hydrogens is 330 g/mol. The highest BCUT2D eigenvalue weighted by molar-refractivity contribution is 4.93. The van der Waals surface area contributed by atoms with Gasteiger partial charge in [0.15, 0.2) is 0 Å². The van der Waals surface area contributed by atoms with Gasteiger partial charge in [-0.2, -0.15) is 0 Å². The van der Waals surface area contributed by atoms with Crippen LogP contribution in [0.5, 0.6) is 0 Å². The van der Waals surface area contributed by atoms with Crippen molar-refractivity contribution in [3.8, 4) is 12.3 Å². The molecule has 1 N–H and O–H groups in total. The predicted octanol–water partition coefficient (Wildman–Crippen LogP) is 7.82. The molecule has 2 nitrogen and oxygen atoms in total. The lowest BCUT2D eigenvalue weighted by molar-refractivity contribution is 0.262. The molecule has 0 saturated carbocycles. The SMILES string of the molecule is C#CC.C/C=C(\C)CC.CC.CC.CCCC(CC)CN(C)CCC.CO. The van der Waals surface area contributed by atoms with Gasteiger partial charge in [0.25, 0.3) is 0 Å². The van der Waals surface area contributed by atoms with Crippen LogP contribution in [0.15, 0.2) is 11.6 Å². The summed E-state index contributed by atoms with van der Waals surface area (Å²) in [5, 5.41) is 7.00. The first-order valence-corrected chi connectivity index (χ1v) is 11.1. The van der Waals surface area contributed by atoms with Crippen molar-refractivity contribution in [3.63, 3.8) is 0 Å². The molecule has 168 valence electrons. The van der Waals surface area contributed by atoms with E-state index in [-0.39, 0.29) is 0 Å². The minimum atomic E-state index is 0.923. The van der Waals surface area contributed by atoms with Gasteiger partial charge in [0.05, 0.1) is 0 Å². The van der Waals surface area contributed by atoms with E-state index in [0.29, 0.717) is 0 Å². The molecule has 0 aliphatic rings. The first-order valence-electron chi connectivity index (χ1n) is 11.1. The van der Waals surface area contributed by atoms with Crippen molar-refractivity contribution in [3.05, 3.63) is 11.6 Å². The number of rotatable bonds is 8. The Bertz CT molecular complexity index is 254. The molecule has 1 unspecified atom stereocenters. The van der Waals surface area contributed by atoms with Crippen LogP contribution in [-0.2, 0) is 0 Å². The summed E-state index contributed by atoms with van der Waals surface area (Å²) in [5.74, 6) is 3.17. The molecule has 0 aromatic rings. The minimum Gasteiger partial charge on any atom is -0.400 e. The Kier molecular flexibility index (Phi) is 75.4. The van der Waals surface area contributed by atoms with Gasteiger partial charge in [-0.1, -0.05) is 79.9 Å². The van der Waals surface area contributed by atoms with Gasteiger partial charge in [0.1, 0.15) is 0 Å². The van der Waals surface area contributed by atoms with Crippen LogP contribution >= 0.6 is 0 Å². The highest BCUT2D eigenvalue weighted by Gasteiger charge is 2.07. The van der Waals surface area contributed by atoms with Gasteiger partial charge >= 0.3 is 0 Å². The number of aliphatic hydroxyl groups excluding tert-OH is 1. The van der Waals surface area contributed by atoms with Crippen molar-refractivity contribution in [1.82, 2.24) is 4.90 Å². The molecule has 0 heterocycles. The number of hydrogen-bond donors (Lipinski definition) is 1. The van der Waals surface area contributed by atoms with Crippen LogP contribution in [0.25, 0.3) is 0 Å². The van der Waals surface area contributed by atoms with E-state index in [4.69, 9.17) is 5.11 Å². The van der Waals surface area contributed by atoms with Crippen LogP contribution < -0.4 is 0 Å². The van der Waals surface area contributed by atoms with Crippen LogP contribution in [0.1, 0.15) is 108 Å². The van der Waals surface area contributed by atoms with E-state index in [1.165, 1.54) is 50.8 Å². The van der Waals surface area contributed by atoms with Crippen molar-refractivity contribution in [1.29, 1.82) is 0 Å². The second-order valence-electron chi connectivity index (χ2n) is 5.60. The Morgan fingerprint density at radius 3 is 1.63 bits per heavy atom. The van der Waals surface area contributed by atoms with Crippen LogP contribution in [0.3, 0.4) is 0 Å². The molecule has 0 spiro atoms.